The first-order valence-corrected chi connectivity index (χ1v) is 6.38. The van der Waals surface area contributed by atoms with E-state index in [0.29, 0.717) is 23.5 Å². The van der Waals surface area contributed by atoms with Crippen LogP contribution < -0.4 is 16.0 Å². The van der Waals surface area contributed by atoms with Gasteiger partial charge in [0.25, 0.3) is 5.56 Å². The Morgan fingerprint density at radius 1 is 1.29 bits per heavy atom. The maximum absolute atomic E-state index is 12.0. The molecule has 0 fully saturated rings. The number of nitrogens with zero attached hydrogens (tertiary/aromatic N) is 1. The maximum Gasteiger partial charge on any atom is 0.341 e. The van der Waals surface area contributed by atoms with Gasteiger partial charge in [0.2, 0.25) is 0 Å². The number of esters is 1. The predicted molar refractivity (Wildman–Crippen MR) is 78.4 cm³/mol. The molecular weight excluding hydrogens is 272 g/mol. The lowest BCUT2D eigenvalue weighted by Crippen LogP contribution is -2.21. The minimum absolute atomic E-state index is 0.0935. The van der Waals surface area contributed by atoms with Crippen molar-refractivity contribution in [3.05, 3.63) is 58.5 Å². The molecule has 0 aliphatic rings. The van der Waals surface area contributed by atoms with Crippen molar-refractivity contribution in [1.29, 1.82) is 0 Å². The summed E-state index contributed by atoms with van der Waals surface area (Å²) in [7, 11) is 1.45. The lowest BCUT2D eigenvalue weighted by molar-refractivity contribution is 0.0486. The molecule has 0 saturated carbocycles. The Kier molecular flexibility index (Phi) is 4.61. The highest BCUT2D eigenvalue weighted by Gasteiger charge is 2.13. The fourth-order valence-corrected chi connectivity index (χ4v) is 1.84. The molecule has 0 bridgehead atoms. The van der Waals surface area contributed by atoms with Crippen molar-refractivity contribution in [3.63, 3.8) is 0 Å². The molecule has 6 nitrogen and oxygen atoms in total. The molecule has 0 aliphatic carbocycles. The normalized spacial score (nSPS) is 10.1. The summed E-state index contributed by atoms with van der Waals surface area (Å²) in [5, 5.41) is 0. The average Bonchev–Trinajstić information content (AvgIpc) is 2.48. The standard InChI is InChI=1S/C15H16N2O4/c1-20-13-10-11(16)5-6-12(13)15(19)21-9-8-17-7-3-2-4-14(17)18/h2-7,10H,8-9,16H2,1H3. The van der Waals surface area contributed by atoms with Gasteiger partial charge in [0.15, 0.2) is 0 Å². The molecule has 110 valence electrons. The first-order chi connectivity index (χ1) is 10.1. The van der Waals surface area contributed by atoms with Gasteiger partial charge < -0.3 is 19.8 Å². The summed E-state index contributed by atoms with van der Waals surface area (Å²) >= 11 is 0. The summed E-state index contributed by atoms with van der Waals surface area (Å²) in [4.78, 5) is 23.5. The van der Waals surface area contributed by atoms with E-state index in [1.165, 1.54) is 17.7 Å². The Morgan fingerprint density at radius 2 is 2.10 bits per heavy atom. The van der Waals surface area contributed by atoms with Crippen LogP contribution in [0, 0.1) is 0 Å². The van der Waals surface area contributed by atoms with Crippen LogP contribution in [-0.2, 0) is 11.3 Å². The zero-order valence-corrected chi connectivity index (χ0v) is 11.6. The predicted octanol–water partition coefficient (Wildman–Crippen LogP) is 1.30. The van der Waals surface area contributed by atoms with Gasteiger partial charge in [-0.15, -0.1) is 0 Å². The van der Waals surface area contributed by atoms with Gasteiger partial charge in [-0.05, 0) is 18.2 Å². The van der Waals surface area contributed by atoms with Crippen LogP contribution in [0.25, 0.3) is 0 Å². The number of anilines is 1. The van der Waals surface area contributed by atoms with E-state index in [2.05, 4.69) is 0 Å². The molecule has 21 heavy (non-hydrogen) atoms. The van der Waals surface area contributed by atoms with E-state index < -0.39 is 5.97 Å². The Bertz CT molecular complexity index is 694. The number of hydrogen-bond acceptors (Lipinski definition) is 5. The molecule has 2 N–H and O–H groups in total. The zero-order valence-electron chi connectivity index (χ0n) is 11.6. The fourth-order valence-electron chi connectivity index (χ4n) is 1.84. The van der Waals surface area contributed by atoms with Gasteiger partial charge in [-0.1, -0.05) is 6.07 Å². The summed E-state index contributed by atoms with van der Waals surface area (Å²) in [5.74, 6) is -0.160. The molecule has 2 aromatic rings. The van der Waals surface area contributed by atoms with Gasteiger partial charge in [-0.25, -0.2) is 4.79 Å². The van der Waals surface area contributed by atoms with E-state index in [4.69, 9.17) is 15.2 Å². The molecule has 1 aromatic heterocycles. The Balaban J connectivity index is 1.99. The first-order valence-electron chi connectivity index (χ1n) is 6.38. The fraction of sp³-hybridized carbons (Fsp3) is 0.200. The van der Waals surface area contributed by atoms with E-state index in [1.54, 1.807) is 36.5 Å². The molecular formula is C15H16N2O4. The number of rotatable bonds is 5. The highest BCUT2D eigenvalue weighted by Crippen LogP contribution is 2.22. The summed E-state index contributed by atoms with van der Waals surface area (Å²) in [6.45, 7) is 0.388. The number of methoxy groups -OCH3 is 1. The van der Waals surface area contributed by atoms with Crippen LogP contribution in [0.1, 0.15) is 10.4 Å². The quantitative estimate of drug-likeness (QED) is 0.662. The van der Waals surface area contributed by atoms with Crippen LogP contribution in [-0.4, -0.2) is 24.3 Å². The molecule has 1 heterocycles. The van der Waals surface area contributed by atoms with E-state index in [-0.39, 0.29) is 12.2 Å². The van der Waals surface area contributed by atoms with Gasteiger partial charge in [-0.3, -0.25) is 4.79 Å². The zero-order chi connectivity index (χ0) is 15.2. The summed E-state index contributed by atoms with van der Waals surface area (Å²) < 4.78 is 11.7. The lowest BCUT2D eigenvalue weighted by atomic mass is 10.2. The second kappa shape index (κ2) is 6.60. The monoisotopic (exact) mass is 288 g/mol. The molecule has 0 saturated heterocycles. The molecule has 1 aromatic carbocycles. The van der Waals surface area contributed by atoms with Crippen LogP contribution >= 0.6 is 0 Å². The lowest BCUT2D eigenvalue weighted by Gasteiger charge is -2.10. The van der Waals surface area contributed by atoms with Crippen molar-refractivity contribution >= 4 is 11.7 Å². The largest absolute Gasteiger partial charge is 0.496 e. The molecule has 0 amide bonds. The molecule has 0 spiro atoms. The third-order valence-corrected chi connectivity index (χ3v) is 2.91. The number of aromatic nitrogens is 1. The number of benzene rings is 1. The number of hydrogen-bond donors (Lipinski definition) is 1. The number of carbonyl (C=O) groups excluding carboxylic acids is 1. The topological polar surface area (TPSA) is 83.5 Å². The first kappa shape index (κ1) is 14.6. The summed E-state index contributed by atoms with van der Waals surface area (Å²) in [6, 6.07) is 9.55. The smallest absolute Gasteiger partial charge is 0.341 e. The van der Waals surface area contributed by atoms with Crippen LogP contribution in [0.15, 0.2) is 47.4 Å². The van der Waals surface area contributed by atoms with E-state index in [9.17, 15) is 9.59 Å². The maximum atomic E-state index is 12.0. The number of carbonyl (C=O) groups is 1. The number of nitrogens with two attached hydrogens (primary N) is 1. The van der Waals surface area contributed by atoms with Gasteiger partial charge in [-0.2, -0.15) is 0 Å². The number of pyridine rings is 1. The number of ether oxygens (including phenoxy) is 2. The van der Waals surface area contributed by atoms with Crippen molar-refractivity contribution < 1.29 is 14.3 Å². The Labute approximate surface area is 121 Å². The van der Waals surface area contributed by atoms with Gasteiger partial charge in [0, 0.05) is 24.0 Å². The minimum Gasteiger partial charge on any atom is -0.496 e. The van der Waals surface area contributed by atoms with Crippen LogP contribution in [0.3, 0.4) is 0 Å². The van der Waals surface area contributed by atoms with Gasteiger partial charge >= 0.3 is 5.97 Å². The highest BCUT2D eigenvalue weighted by molar-refractivity contribution is 5.93. The van der Waals surface area contributed by atoms with E-state index in [1.807, 2.05) is 0 Å². The summed E-state index contributed by atoms with van der Waals surface area (Å²) in [6.07, 6.45) is 1.64. The van der Waals surface area contributed by atoms with Crippen molar-refractivity contribution in [2.24, 2.45) is 0 Å². The van der Waals surface area contributed by atoms with Gasteiger partial charge in [0.1, 0.15) is 17.9 Å². The number of nitrogen functional groups attached to an aromatic ring is 1. The molecule has 6 heteroatoms. The SMILES string of the molecule is COc1cc(N)ccc1C(=O)OCCn1ccccc1=O. The van der Waals surface area contributed by atoms with Crippen molar-refractivity contribution in [2.75, 3.05) is 19.5 Å². The Morgan fingerprint density at radius 3 is 2.81 bits per heavy atom. The third-order valence-electron chi connectivity index (χ3n) is 2.91. The molecule has 0 unspecified atom stereocenters. The minimum atomic E-state index is -0.518. The highest BCUT2D eigenvalue weighted by atomic mass is 16.5. The molecule has 0 radical (unpaired) electrons. The molecule has 0 aliphatic heterocycles. The Hall–Kier alpha value is -2.76. The van der Waals surface area contributed by atoms with Crippen LogP contribution in [0.2, 0.25) is 0 Å². The molecule has 0 atom stereocenters. The average molecular weight is 288 g/mol. The van der Waals surface area contributed by atoms with E-state index in [0.717, 1.165) is 0 Å². The summed E-state index contributed by atoms with van der Waals surface area (Å²) in [5.41, 5.74) is 6.28. The van der Waals surface area contributed by atoms with Crippen molar-refractivity contribution in [3.8, 4) is 5.75 Å². The van der Waals surface area contributed by atoms with Gasteiger partial charge in [0.05, 0.1) is 13.7 Å². The van der Waals surface area contributed by atoms with Crippen molar-refractivity contribution in [2.45, 2.75) is 6.54 Å². The van der Waals surface area contributed by atoms with Crippen LogP contribution in [0.5, 0.6) is 5.75 Å². The van der Waals surface area contributed by atoms with Crippen LogP contribution in [0.4, 0.5) is 5.69 Å². The van der Waals surface area contributed by atoms with E-state index >= 15 is 0 Å². The van der Waals surface area contributed by atoms with Crippen molar-refractivity contribution in [1.82, 2.24) is 4.57 Å². The second-order valence-corrected chi connectivity index (χ2v) is 4.33. The second-order valence-electron chi connectivity index (χ2n) is 4.33. The molecule has 2 rings (SSSR count). The third kappa shape index (κ3) is 3.62.